The van der Waals surface area contributed by atoms with Gasteiger partial charge in [-0.05, 0) is 6.92 Å². The molecule has 0 aliphatic carbocycles. The fraction of sp³-hybridized carbons (Fsp3) is 0.375. The molecule has 0 aromatic rings. The number of hydrogen-bond donors (Lipinski definition) is 4. The molecule has 98 valence electrons. The van der Waals surface area contributed by atoms with Crippen LogP contribution >= 0.6 is 0 Å². The maximum Gasteiger partial charge on any atom is 0.631 e. The van der Waals surface area contributed by atoms with Crippen molar-refractivity contribution >= 4 is 25.5 Å². The van der Waals surface area contributed by atoms with Gasteiger partial charge in [-0.3, -0.25) is 4.79 Å². The normalized spacial score (nSPS) is 7.18. The van der Waals surface area contributed by atoms with Gasteiger partial charge in [0.2, 0.25) is 0 Å². The molecule has 0 saturated carbocycles. The molecule has 0 spiro atoms. The van der Waals surface area contributed by atoms with E-state index >= 15 is 0 Å². The van der Waals surface area contributed by atoms with Crippen LogP contribution in [0, 0.1) is 5.41 Å². The van der Waals surface area contributed by atoms with Gasteiger partial charge >= 0.3 is 19.3 Å². The summed E-state index contributed by atoms with van der Waals surface area (Å²) in [5.41, 5.74) is 0. The van der Waals surface area contributed by atoms with Crippen molar-refractivity contribution in [3.63, 3.8) is 0 Å². The van der Waals surface area contributed by atoms with Crippen molar-refractivity contribution in [3.8, 4) is 0 Å². The van der Waals surface area contributed by atoms with Crippen molar-refractivity contribution in [2.24, 2.45) is 0 Å². The third-order valence-corrected chi connectivity index (χ3v) is 0.680. The van der Waals surface area contributed by atoms with Gasteiger partial charge in [0.05, 0.1) is 12.9 Å². The highest BCUT2D eigenvalue weighted by molar-refractivity contribution is 6.30. The van der Waals surface area contributed by atoms with E-state index in [1.165, 1.54) is 14.0 Å². The second kappa shape index (κ2) is 14.3. The molecule has 0 amide bonds. The lowest BCUT2D eigenvalue weighted by atomic mass is 10.3. The summed E-state index contributed by atoms with van der Waals surface area (Å²) in [7, 11) is -0.817. The van der Waals surface area contributed by atoms with Crippen molar-refractivity contribution in [2.45, 2.75) is 13.8 Å². The third-order valence-electron chi connectivity index (χ3n) is 0.680. The Morgan fingerprint density at radius 2 is 1.59 bits per heavy atom. The van der Waals surface area contributed by atoms with Gasteiger partial charge in [0.15, 0.2) is 0 Å². The molecule has 8 nitrogen and oxygen atoms in total. The summed E-state index contributed by atoms with van der Waals surface area (Å²) in [4.78, 5) is 19.7. The van der Waals surface area contributed by atoms with E-state index in [1.54, 1.807) is 6.92 Å². The maximum absolute atomic E-state index is 10.1. The highest BCUT2D eigenvalue weighted by Crippen LogP contribution is 1.87. The Morgan fingerprint density at radius 1 is 1.29 bits per heavy atom. The fourth-order valence-corrected chi connectivity index (χ4v) is 0.201. The van der Waals surface area contributed by atoms with E-state index < -0.39 is 13.3 Å². The van der Waals surface area contributed by atoms with E-state index in [4.69, 9.17) is 20.5 Å². The first-order valence-electron chi connectivity index (χ1n) is 4.13. The molecule has 0 saturated heterocycles. The van der Waals surface area contributed by atoms with Gasteiger partial charge in [-0.15, -0.1) is 0 Å². The molecule has 0 atom stereocenters. The van der Waals surface area contributed by atoms with E-state index in [9.17, 15) is 9.59 Å². The summed E-state index contributed by atoms with van der Waals surface area (Å²) in [5.74, 6) is -0.624. The third kappa shape index (κ3) is 54.5. The smallest absolute Gasteiger partial charge is 0.469 e. The molecule has 0 heterocycles. The Bertz CT molecular complexity index is 252. The van der Waals surface area contributed by atoms with Crippen LogP contribution in [0.3, 0.4) is 0 Å². The van der Waals surface area contributed by atoms with E-state index in [2.05, 4.69) is 16.1 Å². The molecule has 0 aromatic carbocycles. The molecule has 0 bridgehead atoms. The van der Waals surface area contributed by atoms with Gasteiger partial charge in [-0.1, -0.05) is 6.58 Å². The Labute approximate surface area is 99.2 Å². The van der Waals surface area contributed by atoms with Crippen LogP contribution in [0.25, 0.3) is 0 Å². The zero-order chi connectivity index (χ0) is 14.4. The van der Waals surface area contributed by atoms with Crippen molar-refractivity contribution in [3.05, 3.63) is 12.3 Å². The first kappa shape index (κ1) is 20.7. The number of carbonyl (C=O) groups excluding carboxylic acids is 2. The number of methoxy groups -OCH3 is 1. The Kier molecular flexibility index (Phi) is 17.4. The van der Waals surface area contributed by atoms with Crippen molar-refractivity contribution in [2.75, 3.05) is 7.11 Å². The number of allylic oxidation sites excluding steroid dienone is 1. The van der Waals surface area contributed by atoms with Gasteiger partial charge in [0, 0.05) is 6.92 Å². The quantitative estimate of drug-likeness (QED) is 0.209. The maximum atomic E-state index is 10.1. The molecule has 0 unspecified atom stereocenters. The second-order valence-electron chi connectivity index (χ2n) is 2.31. The fourth-order valence-electron chi connectivity index (χ4n) is 0.201. The number of hydrogen-bond acceptors (Lipinski definition) is 8. The van der Waals surface area contributed by atoms with Crippen molar-refractivity contribution < 1.29 is 34.1 Å². The predicted octanol–water partition coefficient (Wildman–Crippen LogP) is -1.16. The van der Waals surface area contributed by atoms with Crippen LogP contribution in [0.2, 0.25) is 0 Å². The van der Waals surface area contributed by atoms with Gasteiger partial charge < -0.3 is 30.0 Å². The average Bonchev–Trinajstić information content (AvgIpc) is 2.16. The molecular formula is C8H16BNO7. The lowest BCUT2D eigenvalue weighted by Crippen LogP contribution is -2.07. The molecule has 0 aromatic heterocycles. The first-order valence-corrected chi connectivity index (χ1v) is 4.13. The Hall–Kier alpha value is -1.71. The summed E-state index contributed by atoms with van der Waals surface area (Å²) in [6.07, 6.45) is 0.592. The van der Waals surface area contributed by atoms with Crippen molar-refractivity contribution in [1.82, 2.24) is 0 Å². The minimum atomic E-state index is -2.17. The molecule has 0 rings (SSSR count). The number of esters is 2. The monoisotopic (exact) mass is 249 g/mol. The molecule has 0 radical (unpaired) electrons. The summed E-state index contributed by atoms with van der Waals surface area (Å²) in [6, 6.07) is 0. The predicted molar refractivity (Wildman–Crippen MR) is 59.8 cm³/mol. The van der Waals surface area contributed by atoms with Crippen LogP contribution in [0.4, 0.5) is 0 Å². The van der Waals surface area contributed by atoms with Gasteiger partial charge in [0.1, 0.15) is 6.21 Å². The second-order valence-corrected chi connectivity index (χ2v) is 2.31. The molecule has 0 fully saturated rings. The summed E-state index contributed by atoms with van der Waals surface area (Å²) in [6.45, 7) is 6.20. The average molecular weight is 249 g/mol. The van der Waals surface area contributed by atoms with Gasteiger partial charge in [-0.25, -0.2) is 4.79 Å². The highest BCUT2D eigenvalue weighted by Gasteiger charge is 1.93. The molecule has 9 heteroatoms. The zero-order valence-corrected chi connectivity index (χ0v) is 9.84. The Morgan fingerprint density at radius 3 is 1.65 bits per heavy atom. The lowest BCUT2D eigenvalue weighted by molar-refractivity contribution is -0.138. The highest BCUT2D eigenvalue weighted by atomic mass is 16.5. The molecule has 17 heavy (non-hydrogen) atoms. The van der Waals surface area contributed by atoms with Crippen molar-refractivity contribution in [1.29, 1.82) is 5.41 Å². The minimum absolute atomic E-state index is 0.245. The summed E-state index contributed by atoms with van der Waals surface area (Å²) in [5, 5.41) is 27.9. The lowest BCUT2D eigenvalue weighted by Gasteiger charge is -1.93. The standard InChI is InChI=1S/C5H7NO2.C3H6O2.BH3O3/c1-4(2)8-5(7)3-6;1-3(4)5-2;2-1(3)4/h3,6H,1H2,2H3;1-2H3;2-4H. The van der Waals surface area contributed by atoms with Crippen LogP contribution < -0.4 is 0 Å². The first-order chi connectivity index (χ1) is 7.67. The van der Waals surface area contributed by atoms with Crippen LogP contribution in [-0.2, 0) is 19.1 Å². The van der Waals surface area contributed by atoms with Crippen LogP contribution in [0.5, 0.6) is 0 Å². The van der Waals surface area contributed by atoms with Crippen LogP contribution in [0.1, 0.15) is 13.8 Å². The van der Waals surface area contributed by atoms with E-state index in [0.29, 0.717) is 12.0 Å². The zero-order valence-electron chi connectivity index (χ0n) is 9.84. The van der Waals surface area contributed by atoms with Crippen LogP contribution in [0.15, 0.2) is 12.3 Å². The number of carbonyl (C=O) groups is 2. The minimum Gasteiger partial charge on any atom is -0.469 e. The molecule has 4 N–H and O–H groups in total. The molecular weight excluding hydrogens is 233 g/mol. The van der Waals surface area contributed by atoms with E-state index in [1.807, 2.05) is 0 Å². The summed E-state index contributed by atoms with van der Waals surface area (Å²) < 4.78 is 8.43. The number of nitrogens with one attached hydrogen (secondary N) is 1. The molecule has 0 aliphatic rings. The SMILES string of the molecule is C=C(C)OC(=O)C=N.COC(C)=O.OB(O)O. The summed E-state index contributed by atoms with van der Waals surface area (Å²) >= 11 is 0. The number of rotatable bonds is 2. The van der Waals surface area contributed by atoms with Gasteiger partial charge in [-0.2, -0.15) is 0 Å². The Balaban J connectivity index is -0.000000188. The number of ether oxygens (including phenoxy) is 2. The van der Waals surface area contributed by atoms with E-state index in [-0.39, 0.29) is 5.97 Å². The van der Waals surface area contributed by atoms with Gasteiger partial charge in [0.25, 0.3) is 0 Å². The topological polar surface area (TPSA) is 137 Å². The molecule has 0 aliphatic heterocycles. The van der Waals surface area contributed by atoms with Crippen LogP contribution in [-0.4, -0.2) is 47.7 Å². The van der Waals surface area contributed by atoms with E-state index in [0.717, 1.165) is 0 Å². The largest absolute Gasteiger partial charge is 0.631 e.